The molecule has 1 N–H and O–H groups in total. The highest BCUT2D eigenvalue weighted by Gasteiger charge is 2.13. The van der Waals surface area contributed by atoms with E-state index in [4.69, 9.17) is 5.11 Å². The van der Waals surface area contributed by atoms with Gasteiger partial charge in [-0.2, -0.15) is 0 Å². The molecule has 0 saturated heterocycles. The van der Waals surface area contributed by atoms with E-state index < -0.39 is 0 Å². The molecule has 1 saturated carbocycles. The second-order valence-corrected chi connectivity index (χ2v) is 4.08. The highest BCUT2D eigenvalue weighted by Crippen LogP contribution is 2.29. The molecule has 0 heterocycles. The number of aliphatic hydroxyl groups excluding tert-OH is 1. The maximum Gasteiger partial charge on any atom is 0.0431 e. The van der Waals surface area contributed by atoms with E-state index >= 15 is 0 Å². The van der Waals surface area contributed by atoms with E-state index in [1.165, 1.54) is 51.4 Å². The fourth-order valence-electron chi connectivity index (χ4n) is 2.20. The molecule has 1 aliphatic carbocycles. The van der Waals surface area contributed by atoms with Crippen LogP contribution in [0.15, 0.2) is 0 Å². The standard InChI is InChI=1S/C11H22O/c12-10-6-2-1-3-7-11-8-4-5-9-11/h11-12H,1-10H2. The first kappa shape index (κ1) is 10.0. The molecule has 0 atom stereocenters. The van der Waals surface area contributed by atoms with Gasteiger partial charge in [-0.3, -0.25) is 0 Å². The van der Waals surface area contributed by atoms with Gasteiger partial charge in [0.2, 0.25) is 0 Å². The highest BCUT2D eigenvalue weighted by atomic mass is 16.2. The van der Waals surface area contributed by atoms with Crippen LogP contribution in [0.4, 0.5) is 0 Å². The van der Waals surface area contributed by atoms with Gasteiger partial charge in [0.05, 0.1) is 0 Å². The van der Waals surface area contributed by atoms with E-state index in [-0.39, 0.29) is 0 Å². The average Bonchev–Trinajstić information content (AvgIpc) is 2.57. The number of rotatable bonds is 6. The Balaban J connectivity index is 1.81. The summed E-state index contributed by atoms with van der Waals surface area (Å²) in [6.07, 6.45) is 12.3. The van der Waals surface area contributed by atoms with Crippen LogP contribution in [-0.4, -0.2) is 11.7 Å². The first-order valence-electron chi connectivity index (χ1n) is 5.54. The van der Waals surface area contributed by atoms with E-state index in [2.05, 4.69) is 0 Å². The van der Waals surface area contributed by atoms with E-state index in [0.717, 1.165) is 12.3 Å². The van der Waals surface area contributed by atoms with Gasteiger partial charge in [-0.1, -0.05) is 51.4 Å². The quantitative estimate of drug-likeness (QED) is 0.607. The van der Waals surface area contributed by atoms with Crippen LogP contribution in [0, 0.1) is 5.92 Å². The number of aliphatic hydroxyl groups is 1. The summed E-state index contributed by atoms with van der Waals surface area (Å²) in [6, 6.07) is 0. The lowest BCUT2D eigenvalue weighted by Crippen LogP contribution is -1.93. The zero-order valence-electron chi connectivity index (χ0n) is 8.10. The Kier molecular flexibility index (Phi) is 5.42. The summed E-state index contributed by atoms with van der Waals surface area (Å²) < 4.78 is 0. The second-order valence-electron chi connectivity index (χ2n) is 4.08. The molecular formula is C11H22O. The van der Waals surface area contributed by atoms with Crippen molar-refractivity contribution in [3.05, 3.63) is 0 Å². The molecule has 0 amide bonds. The van der Waals surface area contributed by atoms with Gasteiger partial charge in [-0.25, -0.2) is 0 Å². The van der Waals surface area contributed by atoms with Gasteiger partial charge in [0.25, 0.3) is 0 Å². The zero-order chi connectivity index (χ0) is 8.65. The minimum absolute atomic E-state index is 0.378. The van der Waals surface area contributed by atoms with Crippen LogP contribution in [0.25, 0.3) is 0 Å². The highest BCUT2D eigenvalue weighted by molar-refractivity contribution is 4.66. The normalized spacial score (nSPS) is 18.8. The summed E-state index contributed by atoms with van der Waals surface area (Å²) in [5.74, 6) is 1.05. The summed E-state index contributed by atoms with van der Waals surface area (Å²) in [7, 11) is 0. The van der Waals surface area contributed by atoms with Crippen molar-refractivity contribution in [1.29, 1.82) is 0 Å². The van der Waals surface area contributed by atoms with E-state index in [1.807, 2.05) is 0 Å². The van der Waals surface area contributed by atoms with Gasteiger partial charge < -0.3 is 5.11 Å². The van der Waals surface area contributed by atoms with Crippen molar-refractivity contribution < 1.29 is 5.11 Å². The van der Waals surface area contributed by atoms with Crippen LogP contribution >= 0.6 is 0 Å². The third-order valence-corrected chi connectivity index (χ3v) is 3.00. The molecule has 0 unspecified atom stereocenters. The van der Waals surface area contributed by atoms with E-state index in [0.29, 0.717) is 6.61 Å². The minimum atomic E-state index is 0.378. The summed E-state index contributed by atoms with van der Waals surface area (Å²) in [5.41, 5.74) is 0. The lowest BCUT2D eigenvalue weighted by Gasteiger charge is -2.07. The first-order chi connectivity index (χ1) is 5.93. The Hall–Kier alpha value is -0.0400. The fourth-order valence-corrected chi connectivity index (χ4v) is 2.20. The van der Waals surface area contributed by atoms with Gasteiger partial charge >= 0.3 is 0 Å². The maximum absolute atomic E-state index is 8.58. The Labute approximate surface area is 76.2 Å². The number of hydrogen-bond donors (Lipinski definition) is 1. The van der Waals surface area contributed by atoms with Crippen molar-refractivity contribution in [2.45, 2.75) is 57.8 Å². The third-order valence-electron chi connectivity index (χ3n) is 3.00. The Bertz CT molecular complexity index is 95.2. The molecule has 0 spiro atoms. The lowest BCUT2D eigenvalue weighted by molar-refractivity contribution is 0.281. The monoisotopic (exact) mass is 170 g/mol. The Morgan fingerprint density at radius 1 is 0.917 bits per heavy atom. The third kappa shape index (κ3) is 4.10. The Morgan fingerprint density at radius 3 is 2.25 bits per heavy atom. The molecule has 1 aliphatic rings. The molecule has 0 radical (unpaired) electrons. The van der Waals surface area contributed by atoms with Crippen LogP contribution in [0.2, 0.25) is 0 Å². The van der Waals surface area contributed by atoms with Crippen LogP contribution < -0.4 is 0 Å². The van der Waals surface area contributed by atoms with Crippen molar-refractivity contribution >= 4 is 0 Å². The molecule has 1 heteroatoms. The van der Waals surface area contributed by atoms with Crippen LogP contribution in [0.1, 0.15) is 57.8 Å². The predicted octanol–water partition coefficient (Wildman–Crippen LogP) is 3.12. The topological polar surface area (TPSA) is 20.2 Å². The molecule has 0 aliphatic heterocycles. The van der Waals surface area contributed by atoms with Crippen molar-refractivity contribution in [2.24, 2.45) is 5.92 Å². The summed E-state index contributed by atoms with van der Waals surface area (Å²) in [4.78, 5) is 0. The van der Waals surface area contributed by atoms with Crippen molar-refractivity contribution in [2.75, 3.05) is 6.61 Å². The van der Waals surface area contributed by atoms with Crippen LogP contribution in [-0.2, 0) is 0 Å². The molecule has 1 fully saturated rings. The summed E-state index contributed by atoms with van der Waals surface area (Å²) in [6.45, 7) is 0.378. The SMILES string of the molecule is OCCCCCCC1CCCC1. The van der Waals surface area contributed by atoms with Gasteiger partial charge in [0.1, 0.15) is 0 Å². The molecule has 72 valence electrons. The summed E-state index contributed by atoms with van der Waals surface area (Å²) in [5, 5.41) is 8.58. The molecular weight excluding hydrogens is 148 g/mol. The summed E-state index contributed by atoms with van der Waals surface area (Å²) >= 11 is 0. The molecule has 0 aromatic heterocycles. The van der Waals surface area contributed by atoms with E-state index in [1.54, 1.807) is 0 Å². The largest absolute Gasteiger partial charge is 0.396 e. The number of unbranched alkanes of at least 4 members (excludes halogenated alkanes) is 3. The molecule has 0 bridgehead atoms. The van der Waals surface area contributed by atoms with Gasteiger partial charge in [-0.15, -0.1) is 0 Å². The molecule has 1 rings (SSSR count). The minimum Gasteiger partial charge on any atom is -0.396 e. The lowest BCUT2D eigenvalue weighted by atomic mass is 9.99. The molecule has 1 nitrogen and oxygen atoms in total. The average molecular weight is 170 g/mol. The molecule has 12 heavy (non-hydrogen) atoms. The van der Waals surface area contributed by atoms with Crippen molar-refractivity contribution in [1.82, 2.24) is 0 Å². The fraction of sp³-hybridized carbons (Fsp3) is 1.00. The zero-order valence-corrected chi connectivity index (χ0v) is 8.10. The number of hydrogen-bond acceptors (Lipinski definition) is 1. The maximum atomic E-state index is 8.58. The molecule has 0 aromatic rings. The van der Waals surface area contributed by atoms with E-state index in [9.17, 15) is 0 Å². The van der Waals surface area contributed by atoms with Crippen LogP contribution in [0.5, 0.6) is 0 Å². The van der Waals surface area contributed by atoms with Crippen LogP contribution in [0.3, 0.4) is 0 Å². The van der Waals surface area contributed by atoms with Crippen molar-refractivity contribution in [3.8, 4) is 0 Å². The first-order valence-corrected chi connectivity index (χ1v) is 5.54. The second kappa shape index (κ2) is 6.47. The van der Waals surface area contributed by atoms with Gasteiger partial charge in [0, 0.05) is 6.61 Å². The van der Waals surface area contributed by atoms with Gasteiger partial charge in [-0.05, 0) is 12.3 Å². The van der Waals surface area contributed by atoms with Gasteiger partial charge in [0.15, 0.2) is 0 Å². The predicted molar refractivity (Wildman–Crippen MR) is 52.1 cm³/mol. The smallest absolute Gasteiger partial charge is 0.0431 e. The van der Waals surface area contributed by atoms with Crippen molar-refractivity contribution in [3.63, 3.8) is 0 Å². The Morgan fingerprint density at radius 2 is 1.58 bits per heavy atom. The molecule has 0 aromatic carbocycles.